The number of hydrogen-bond acceptors (Lipinski definition) is 4. The van der Waals surface area contributed by atoms with Crippen LogP contribution < -0.4 is 5.32 Å². The molecular formula is C28H47NO4. The zero-order valence-corrected chi connectivity index (χ0v) is 21.3. The van der Waals surface area contributed by atoms with Crippen molar-refractivity contribution in [2.24, 2.45) is 52.3 Å². The van der Waals surface area contributed by atoms with Crippen LogP contribution in [0.4, 0.5) is 4.79 Å². The molecule has 0 bridgehead atoms. The summed E-state index contributed by atoms with van der Waals surface area (Å²) in [6.07, 6.45) is 10.2. The third-order valence-corrected chi connectivity index (χ3v) is 11.5. The van der Waals surface area contributed by atoms with Gasteiger partial charge in [0.1, 0.15) is 0 Å². The second kappa shape index (κ2) is 8.69. The van der Waals surface area contributed by atoms with Crippen molar-refractivity contribution in [3.05, 3.63) is 0 Å². The first kappa shape index (κ1) is 23.9. The van der Waals surface area contributed by atoms with E-state index in [0.29, 0.717) is 54.1 Å². The molecule has 5 heteroatoms. The van der Waals surface area contributed by atoms with Crippen LogP contribution in [0.5, 0.6) is 0 Å². The van der Waals surface area contributed by atoms with Crippen molar-refractivity contribution < 1.29 is 19.7 Å². The number of alkyl carbamates (subject to hydrolysis) is 1. The monoisotopic (exact) mass is 461 g/mol. The number of amides is 1. The third kappa shape index (κ3) is 3.93. The minimum atomic E-state index is -0.250. The minimum absolute atomic E-state index is 0.191. The summed E-state index contributed by atoms with van der Waals surface area (Å²) in [5, 5.41) is 25.2. The molecule has 0 aliphatic heterocycles. The van der Waals surface area contributed by atoms with Gasteiger partial charge in [0.25, 0.3) is 0 Å². The van der Waals surface area contributed by atoms with Crippen molar-refractivity contribution >= 4 is 6.09 Å². The van der Waals surface area contributed by atoms with E-state index in [1.54, 1.807) is 0 Å². The molecule has 5 aliphatic rings. The van der Waals surface area contributed by atoms with Crippen LogP contribution in [0.1, 0.15) is 91.9 Å². The van der Waals surface area contributed by atoms with Gasteiger partial charge in [0, 0.05) is 6.04 Å². The highest BCUT2D eigenvalue weighted by Gasteiger charge is 2.64. The Bertz CT molecular complexity index is 739. The molecular weight excluding hydrogens is 414 g/mol. The molecule has 0 aromatic rings. The van der Waals surface area contributed by atoms with Gasteiger partial charge in [0.05, 0.1) is 18.8 Å². The Balaban J connectivity index is 1.33. The van der Waals surface area contributed by atoms with E-state index in [-0.39, 0.29) is 29.1 Å². The van der Waals surface area contributed by atoms with Crippen molar-refractivity contribution in [2.45, 2.75) is 110 Å². The molecule has 11 atom stereocenters. The number of nitrogens with one attached hydrogen (secondary N) is 1. The number of aliphatic hydroxyl groups is 2. The Kier molecular flexibility index (Phi) is 6.30. The first-order valence-corrected chi connectivity index (χ1v) is 14.0. The Labute approximate surface area is 200 Å². The largest absolute Gasteiger partial charge is 0.449 e. The van der Waals surface area contributed by atoms with E-state index in [1.165, 1.54) is 25.7 Å². The highest BCUT2D eigenvalue weighted by atomic mass is 16.5. The fourth-order valence-corrected chi connectivity index (χ4v) is 9.69. The number of hydrogen-bond donors (Lipinski definition) is 3. The van der Waals surface area contributed by atoms with Gasteiger partial charge in [-0.15, -0.1) is 0 Å². The number of fused-ring (bicyclic) bond motifs is 5. The number of aliphatic hydroxyl groups excluding tert-OH is 2. The van der Waals surface area contributed by atoms with Crippen molar-refractivity contribution in [1.82, 2.24) is 5.32 Å². The van der Waals surface area contributed by atoms with E-state index >= 15 is 0 Å². The summed E-state index contributed by atoms with van der Waals surface area (Å²) in [6, 6.07) is 0.335. The van der Waals surface area contributed by atoms with Gasteiger partial charge in [0.15, 0.2) is 0 Å². The standard InChI is InChI=1S/C28H47NO4/c1-5-19-23-14-18(30)10-12-28(23,4)22-11-13-27(3)20(8-9-21(27)24(22)25(19)31)16(2)15-33-26(32)29-17-6-7-17/h16-25,30-31H,5-15H2,1-4H3,(H,29,32)/t16-,18-,19-,20-,21+,22+,23+,24?,25-,27?,28?/m1/s1. The van der Waals surface area contributed by atoms with Gasteiger partial charge < -0.3 is 20.3 Å². The molecule has 188 valence electrons. The summed E-state index contributed by atoms with van der Waals surface area (Å²) < 4.78 is 5.63. The smallest absolute Gasteiger partial charge is 0.407 e. The molecule has 0 aromatic carbocycles. The van der Waals surface area contributed by atoms with E-state index in [4.69, 9.17) is 4.74 Å². The van der Waals surface area contributed by atoms with E-state index in [9.17, 15) is 15.0 Å². The van der Waals surface area contributed by atoms with E-state index < -0.39 is 0 Å². The Morgan fingerprint density at radius 1 is 1.00 bits per heavy atom. The fraction of sp³-hybridized carbons (Fsp3) is 0.964. The molecule has 5 fully saturated rings. The van der Waals surface area contributed by atoms with Crippen LogP contribution in [0.3, 0.4) is 0 Å². The second-order valence-electron chi connectivity index (χ2n) is 13.1. The van der Waals surface area contributed by atoms with Crippen LogP contribution in [0, 0.1) is 52.3 Å². The zero-order valence-electron chi connectivity index (χ0n) is 21.3. The van der Waals surface area contributed by atoms with E-state index in [0.717, 1.165) is 38.5 Å². The van der Waals surface area contributed by atoms with Crippen LogP contribution in [-0.2, 0) is 4.74 Å². The third-order valence-electron chi connectivity index (χ3n) is 11.5. The van der Waals surface area contributed by atoms with Gasteiger partial charge in [0.2, 0.25) is 0 Å². The van der Waals surface area contributed by atoms with Crippen LogP contribution >= 0.6 is 0 Å². The van der Waals surface area contributed by atoms with Gasteiger partial charge in [-0.3, -0.25) is 0 Å². The average Bonchev–Trinajstić information content (AvgIpc) is 3.52. The van der Waals surface area contributed by atoms with Crippen molar-refractivity contribution in [3.8, 4) is 0 Å². The zero-order chi connectivity index (χ0) is 23.5. The molecule has 5 nitrogen and oxygen atoms in total. The van der Waals surface area contributed by atoms with Crippen LogP contribution in [0.25, 0.3) is 0 Å². The number of rotatable bonds is 5. The maximum Gasteiger partial charge on any atom is 0.407 e. The van der Waals surface area contributed by atoms with E-state index in [1.807, 2.05) is 0 Å². The molecule has 5 saturated carbocycles. The minimum Gasteiger partial charge on any atom is -0.449 e. The Morgan fingerprint density at radius 3 is 2.39 bits per heavy atom. The fourth-order valence-electron chi connectivity index (χ4n) is 9.69. The maximum absolute atomic E-state index is 12.1. The lowest BCUT2D eigenvalue weighted by molar-refractivity contribution is -0.203. The first-order chi connectivity index (χ1) is 15.7. The number of carbonyl (C=O) groups excluding carboxylic acids is 1. The molecule has 0 radical (unpaired) electrons. The molecule has 0 spiro atoms. The summed E-state index contributed by atoms with van der Waals surface area (Å²) in [5.41, 5.74) is 0.465. The Hall–Kier alpha value is -0.810. The van der Waals surface area contributed by atoms with Gasteiger partial charge in [-0.05, 0) is 110 Å². The summed E-state index contributed by atoms with van der Waals surface area (Å²) in [5.74, 6) is 3.14. The van der Waals surface area contributed by atoms with Gasteiger partial charge >= 0.3 is 6.09 Å². The molecule has 5 aliphatic carbocycles. The first-order valence-electron chi connectivity index (χ1n) is 14.0. The lowest BCUT2D eigenvalue weighted by Crippen LogP contribution is -2.62. The Morgan fingerprint density at radius 2 is 1.70 bits per heavy atom. The summed E-state index contributed by atoms with van der Waals surface area (Å²) in [4.78, 5) is 12.1. The average molecular weight is 462 g/mol. The highest BCUT2D eigenvalue weighted by Crippen LogP contribution is 2.69. The molecule has 3 unspecified atom stereocenters. The molecule has 1 amide bonds. The predicted molar refractivity (Wildman–Crippen MR) is 128 cm³/mol. The lowest BCUT2D eigenvalue weighted by atomic mass is 9.41. The summed E-state index contributed by atoms with van der Waals surface area (Å²) in [7, 11) is 0. The van der Waals surface area contributed by atoms with Crippen LogP contribution in [0.15, 0.2) is 0 Å². The topological polar surface area (TPSA) is 78.8 Å². The normalized spacial score (nSPS) is 50.0. The molecule has 0 aromatic heterocycles. The predicted octanol–water partition coefficient (Wildman–Crippen LogP) is 5.14. The lowest BCUT2D eigenvalue weighted by Gasteiger charge is -2.64. The van der Waals surface area contributed by atoms with E-state index in [2.05, 4.69) is 33.0 Å². The molecule has 0 saturated heterocycles. The number of carbonyl (C=O) groups is 1. The molecule has 33 heavy (non-hydrogen) atoms. The van der Waals surface area contributed by atoms with Crippen molar-refractivity contribution in [2.75, 3.05) is 6.61 Å². The molecule has 3 N–H and O–H groups in total. The molecule has 5 rings (SSSR count). The van der Waals surface area contributed by atoms with Crippen LogP contribution in [0.2, 0.25) is 0 Å². The van der Waals surface area contributed by atoms with Crippen molar-refractivity contribution in [3.63, 3.8) is 0 Å². The maximum atomic E-state index is 12.1. The van der Waals surface area contributed by atoms with Gasteiger partial charge in [-0.25, -0.2) is 4.79 Å². The second-order valence-corrected chi connectivity index (χ2v) is 13.1. The number of ether oxygens (including phenoxy) is 1. The van der Waals surface area contributed by atoms with Crippen LogP contribution in [-0.4, -0.2) is 41.2 Å². The summed E-state index contributed by atoms with van der Waals surface area (Å²) in [6.45, 7) is 9.98. The quantitative estimate of drug-likeness (QED) is 0.530. The molecule has 0 heterocycles. The van der Waals surface area contributed by atoms with Gasteiger partial charge in [-0.2, -0.15) is 0 Å². The SMILES string of the molecule is CC[C@H]1[C@@H](O)C2[C@@H]3CC[C@H]([C@H](C)COC(=O)NC4CC4)C3(C)CC[C@@H]2C2(C)CC[C@@H](O)C[C@@H]12. The highest BCUT2D eigenvalue weighted by molar-refractivity contribution is 5.67. The van der Waals surface area contributed by atoms with Gasteiger partial charge in [-0.1, -0.05) is 34.1 Å². The summed E-state index contributed by atoms with van der Waals surface area (Å²) >= 11 is 0. The van der Waals surface area contributed by atoms with Crippen molar-refractivity contribution in [1.29, 1.82) is 0 Å².